The summed E-state index contributed by atoms with van der Waals surface area (Å²) in [6.07, 6.45) is 1.67. The molecule has 31 heavy (non-hydrogen) atoms. The molecule has 4 rings (SSSR count). The number of hydrogen-bond acceptors (Lipinski definition) is 7. The molecule has 7 nitrogen and oxygen atoms in total. The van der Waals surface area contributed by atoms with E-state index in [0.29, 0.717) is 39.3 Å². The highest BCUT2D eigenvalue weighted by molar-refractivity contribution is 7.17. The maximum Gasteiger partial charge on any atom is 0.308 e. The first kappa shape index (κ1) is 20.7. The molecule has 0 aliphatic carbocycles. The average Bonchev–Trinajstić information content (AvgIpc) is 3.47. The first-order valence-electron chi connectivity index (χ1n) is 9.77. The third-order valence-corrected chi connectivity index (χ3v) is 5.95. The first-order valence-corrected chi connectivity index (χ1v) is 10.7. The van der Waals surface area contributed by atoms with Crippen LogP contribution >= 0.6 is 11.3 Å². The van der Waals surface area contributed by atoms with Crippen molar-refractivity contribution in [2.75, 3.05) is 7.11 Å². The van der Waals surface area contributed by atoms with Crippen LogP contribution in [-0.4, -0.2) is 28.4 Å². The van der Waals surface area contributed by atoms with Crippen molar-refractivity contribution in [3.8, 4) is 11.3 Å². The number of fused-ring (bicyclic) bond motifs is 1. The van der Waals surface area contributed by atoms with Gasteiger partial charge in [-0.2, -0.15) is 0 Å². The number of carbonyl (C=O) groups excluding carboxylic acids is 2. The Bertz CT molecular complexity index is 1290. The van der Waals surface area contributed by atoms with Gasteiger partial charge < -0.3 is 9.15 Å². The first-order chi connectivity index (χ1) is 15.0. The monoisotopic (exact) mass is 436 g/mol. The molecule has 0 saturated heterocycles. The lowest BCUT2D eigenvalue weighted by Crippen LogP contribution is -2.35. The third-order valence-electron chi connectivity index (χ3n) is 5.08. The van der Waals surface area contributed by atoms with E-state index in [1.54, 1.807) is 42.5 Å². The summed E-state index contributed by atoms with van der Waals surface area (Å²) in [7, 11) is 1.26. The van der Waals surface area contributed by atoms with Crippen molar-refractivity contribution in [1.82, 2.24) is 9.55 Å². The predicted octanol–water partition coefficient (Wildman–Crippen LogP) is 4.27. The Morgan fingerprint density at radius 1 is 1.19 bits per heavy atom. The second-order valence-corrected chi connectivity index (χ2v) is 7.75. The number of carbonyl (C=O) groups is 2. The van der Waals surface area contributed by atoms with E-state index >= 15 is 0 Å². The molecule has 1 atom stereocenters. The van der Waals surface area contributed by atoms with Crippen LogP contribution in [0.4, 0.5) is 0 Å². The average molecular weight is 436 g/mol. The molecule has 3 heterocycles. The quantitative estimate of drug-likeness (QED) is 0.317. The van der Waals surface area contributed by atoms with Gasteiger partial charge in [-0.25, -0.2) is 4.98 Å². The zero-order valence-corrected chi connectivity index (χ0v) is 17.8. The molecule has 3 aromatic heterocycles. The topological polar surface area (TPSA) is 91.4 Å². The summed E-state index contributed by atoms with van der Waals surface area (Å²) in [6, 6.07) is 11.0. The molecule has 0 amide bonds. The van der Waals surface area contributed by atoms with Gasteiger partial charge in [0.2, 0.25) is 0 Å². The van der Waals surface area contributed by atoms with Crippen molar-refractivity contribution in [3.05, 3.63) is 75.8 Å². The molecule has 158 valence electrons. The van der Waals surface area contributed by atoms with Crippen LogP contribution in [0.1, 0.15) is 35.6 Å². The molecule has 0 N–H and O–H groups in total. The van der Waals surface area contributed by atoms with E-state index in [1.807, 2.05) is 12.3 Å². The van der Waals surface area contributed by atoms with Crippen molar-refractivity contribution in [2.45, 2.75) is 25.8 Å². The molecule has 0 aliphatic heterocycles. The van der Waals surface area contributed by atoms with Gasteiger partial charge in [0, 0.05) is 22.9 Å². The number of hydrogen-bond donors (Lipinski definition) is 0. The Morgan fingerprint density at radius 3 is 2.61 bits per heavy atom. The molecule has 8 heteroatoms. The number of nitrogens with zero attached hydrogens (tertiary/aromatic N) is 2. The number of furan rings is 1. The Labute approximate surface area is 181 Å². The van der Waals surface area contributed by atoms with Gasteiger partial charge >= 0.3 is 5.97 Å². The number of ether oxygens (including phenoxy) is 1. The number of Topliss-reactive ketones (excluding diaryl/α,β-unsaturated/α-hetero) is 1. The maximum absolute atomic E-state index is 13.7. The van der Waals surface area contributed by atoms with Gasteiger partial charge in [0.1, 0.15) is 22.5 Å². The lowest BCUT2D eigenvalue weighted by atomic mass is 10.0. The highest BCUT2D eigenvalue weighted by atomic mass is 32.1. The van der Waals surface area contributed by atoms with E-state index in [2.05, 4.69) is 4.98 Å². The van der Waals surface area contributed by atoms with E-state index in [9.17, 15) is 14.4 Å². The summed E-state index contributed by atoms with van der Waals surface area (Å²) in [6.45, 7) is 1.85. The highest BCUT2D eigenvalue weighted by Crippen LogP contribution is 2.32. The molecule has 0 fully saturated rings. The Balaban J connectivity index is 1.96. The number of methoxy groups -OCH3 is 1. The van der Waals surface area contributed by atoms with Crippen LogP contribution in [0.2, 0.25) is 0 Å². The van der Waals surface area contributed by atoms with Gasteiger partial charge in [0.05, 0.1) is 25.2 Å². The summed E-state index contributed by atoms with van der Waals surface area (Å²) in [4.78, 5) is 44.5. The van der Waals surface area contributed by atoms with Gasteiger partial charge in [-0.05, 0) is 12.1 Å². The Hall–Kier alpha value is -3.52. The molecule has 4 aromatic rings. The fourth-order valence-corrected chi connectivity index (χ4v) is 4.50. The van der Waals surface area contributed by atoms with Crippen molar-refractivity contribution < 1.29 is 18.7 Å². The van der Waals surface area contributed by atoms with E-state index in [1.165, 1.54) is 29.3 Å². The van der Waals surface area contributed by atoms with E-state index in [0.717, 1.165) is 0 Å². The van der Waals surface area contributed by atoms with Crippen LogP contribution in [0.5, 0.6) is 0 Å². The number of benzene rings is 1. The van der Waals surface area contributed by atoms with Gasteiger partial charge in [-0.15, -0.1) is 11.3 Å². The van der Waals surface area contributed by atoms with Crippen LogP contribution in [0.25, 0.3) is 21.5 Å². The largest absolute Gasteiger partial charge is 0.469 e. The van der Waals surface area contributed by atoms with Crippen LogP contribution in [0.15, 0.2) is 63.3 Å². The van der Waals surface area contributed by atoms with Crippen molar-refractivity contribution in [1.29, 1.82) is 0 Å². The lowest BCUT2D eigenvalue weighted by molar-refractivity contribution is -0.141. The van der Waals surface area contributed by atoms with Gasteiger partial charge in [0.25, 0.3) is 5.56 Å². The van der Waals surface area contributed by atoms with Gasteiger partial charge in [0.15, 0.2) is 5.78 Å². The van der Waals surface area contributed by atoms with Crippen molar-refractivity contribution in [3.63, 3.8) is 0 Å². The minimum absolute atomic E-state index is 0.273. The molecular weight excluding hydrogens is 416 g/mol. The lowest BCUT2D eigenvalue weighted by Gasteiger charge is -2.21. The SMILES string of the molecule is CCc1nc2scc(-c3ccco3)c2c(=O)n1C(CC(=O)OC)C(=O)c1ccccc1. The Morgan fingerprint density at radius 2 is 1.97 bits per heavy atom. The van der Waals surface area contributed by atoms with E-state index in [-0.39, 0.29) is 17.8 Å². The maximum atomic E-state index is 13.7. The smallest absolute Gasteiger partial charge is 0.308 e. The third kappa shape index (κ3) is 3.82. The molecular formula is C23H20N2O5S. The van der Waals surface area contributed by atoms with Crippen LogP contribution in [0.3, 0.4) is 0 Å². The number of esters is 1. The number of aryl methyl sites for hydroxylation is 1. The minimum atomic E-state index is -1.07. The summed E-state index contributed by atoms with van der Waals surface area (Å²) in [5.41, 5.74) is 0.637. The molecule has 0 radical (unpaired) electrons. The summed E-state index contributed by atoms with van der Waals surface area (Å²) in [5.74, 6) is 0.0435. The summed E-state index contributed by atoms with van der Waals surface area (Å²) < 4.78 is 11.6. The normalized spacial score (nSPS) is 12.1. The minimum Gasteiger partial charge on any atom is -0.469 e. The Kier molecular flexibility index (Phi) is 5.81. The summed E-state index contributed by atoms with van der Waals surface area (Å²) >= 11 is 1.34. The van der Waals surface area contributed by atoms with Crippen LogP contribution in [0, 0.1) is 0 Å². The van der Waals surface area contributed by atoms with Crippen LogP contribution in [-0.2, 0) is 16.0 Å². The highest BCUT2D eigenvalue weighted by Gasteiger charge is 2.30. The number of aromatic nitrogens is 2. The molecule has 1 aromatic carbocycles. The number of ketones is 1. The zero-order chi connectivity index (χ0) is 22.0. The fraction of sp³-hybridized carbons (Fsp3) is 0.217. The van der Waals surface area contributed by atoms with Gasteiger partial charge in [-0.1, -0.05) is 37.3 Å². The summed E-state index contributed by atoms with van der Waals surface area (Å²) in [5, 5.41) is 2.18. The molecule has 0 saturated carbocycles. The second-order valence-electron chi connectivity index (χ2n) is 6.89. The molecule has 0 bridgehead atoms. The van der Waals surface area contributed by atoms with E-state index < -0.39 is 12.0 Å². The molecule has 0 aliphatic rings. The second kappa shape index (κ2) is 8.69. The molecule has 1 unspecified atom stereocenters. The van der Waals surface area contributed by atoms with Crippen LogP contribution < -0.4 is 5.56 Å². The number of thiophene rings is 1. The number of rotatable bonds is 7. The molecule has 0 spiro atoms. The van der Waals surface area contributed by atoms with Crippen molar-refractivity contribution >= 4 is 33.3 Å². The van der Waals surface area contributed by atoms with E-state index in [4.69, 9.17) is 9.15 Å². The fourth-order valence-electron chi connectivity index (χ4n) is 3.57. The van der Waals surface area contributed by atoms with Gasteiger partial charge in [-0.3, -0.25) is 19.0 Å². The standard InChI is InChI=1S/C23H20N2O5S/c1-3-18-24-22-20(15(13-31-22)17-10-7-11-30-17)23(28)25(18)16(12-19(26)29-2)21(27)14-8-5-4-6-9-14/h4-11,13,16H,3,12H2,1-2H3. The zero-order valence-electron chi connectivity index (χ0n) is 17.0. The van der Waals surface area contributed by atoms with Crippen molar-refractivity contribution in [2.24, 2.45) is 0 Å². The predicted molar refractivity (Wildman–Crippen MR) is 117 cm³/mol.